The van der Waals surface area contributed by atoms with Gasteiger partial charge < -0.3 is 11.1 Å². The number of hydrogen-bond donors (Lipinski definition) is 2. The summed E-state index contributed by atoms with van der Waals surface area (Å²) in [4.78, 5) is 11.7. The first kappa shape index (κ1) is 10.9. The highest BCUT2D eigenvalue weighted by Crippen LogP contribution is 2.31. The van der Waals surface area contributed by atoms with E-state index in [0.29, 0.717) is 6.04 Å². The van der Waals surface area contributed by atoms with E-state index in [4.69, 9.17) is 5.73 Å². The van der Waals surface area contributed by atoms with Crippen LogP contribution in [0.25, 0.3) is 0 Å². The Labute approximate surface area is 91.8 Å². The van der Waals surface area contributed by atoms with Crippen LogP contribution in [0.3, 0.4) is 0 Å². The van der Waals surface area contributed by atoms with Gasteiger partial charge in [-0.05, 0) is 25.7 Å². The molecule has 0 aromatic carbocycles. The van der Waals surface area contributed by atoms with Gasteiger partial charge in [0.05, 0.1) is 5.54 Å². The number of rotatable bonds is 3. The van der Waals surface area contributed by atoms with Crippen LogP contribution in [0.15, 0.2) is 0 Å². The quantitative estimate of drug-likeness (QED) is 0.745. The second kappa shape index (κ2) is 4.52. The standard InChI is InChI=1S/C12H22N2O/c13-11(15)12(14-10-6-7-10)8-4-2-1-3-5-9-12/h10,14H,1-9H2,(H2,13,15). The molecule has 0 unspecified atom stereocenters. The first-order valence-corrected chi connectivity index (χ1v) is 6.31. The van der Waals surface area contributed by atoms with E-state index < -0.39 is 0 Å². The van der Waals surface area contributed by atoms with E-state index in [1.165, 1.54) is 32.1 Å². The monoisotopic (exact) mass is 210 g/mol. The van der Waals surface area contributed by atoms with Gasteiger partial charge in [-0.2, -0.15) is 0 Å². The highest BCUT2D eigenvalue weighted by atomic mass is 16.1. The minimum atomic E-state index is -0.373. The number of nitrogens with two attached hydrogens (primary N) is 1. The Kier molecular flexibility index (Phi) is 3.29. The van der Waals surface area contributed by atoms with Gasteiger partial charge in [-0.3, -0.25) is 4.79 Å². The molecule has 0 radical (unpaired) electrons. The summed E-state index contributed by atoms with van der Waals surface area (Å²) in [5, 5.41) is 3.50. The van der Waals surface area contributed by atoms with E-state index in [9.17, 15) is 4.79 Å². The molecular formula is C12H22N2O. The molecule has 0 heterocycles. The molecule has 2 aliphatic carbocycles. The van der Waals surface area contributed by atoms with Crippen molar-refractivity contribution in [3.8, 4) is 0 Å². The Balaban J connectivity index is 2.02. The maximum absolute atomic E-state index is 11.7. The molecule has 0 atom stereocenters. The molecular weight excluding hydrogens is 188 g/mol. The maximum atomic E-state index is 11.7. The first-order valence-electron chi connectivity index (χ1n) is 6.31. The summed E-state index contributed by atoms with van der Waals surface area (Å²) in [7, 11) is 0. The molecule has 3 N–H and O–H groups in total. The van der Waals surface area contributed by atoms with Gasteiger partial charge in [-0.25, -0.2) is 0 Å². The third-order valence-electron chi connectivity index (χ3n) is 3.74. The van der Waals surface area contributed by atoms with Crippen LogP contribution in [0.2, 0.25) is 0 Å². The Morgan fingerprint density at radius 3 is 2.07 bits per heavy atom. The van der Waals surface area contributed by atoms with Crippen molar-refractivity contribution in [1.82, 2.24) is 5.32 Å². The lowest BCUT2D eigenvalue weighted by atomic mass is 9.83. The molecule has 3 nitrogen and oxygen atoms in total. The van der Waals surface area contributed by atoms with Crippen LogP contribution in [-0.4, -0.2) is 17.5 Å². The van der Waals surface area contributed by atoms with Crippen molar-refractivity contribution in [3.05, 3.63) is 0 Å². The number of amides is 1. The number of nitrogens with one attached hydrogen (secondary N) is 1. The van der Waals surface area contributed by atoms with E-state index in [1.807, 2.05) is 0 Å². The predicted octanol–water partition coefficient (Wildman–Crippen LogP) is 1.71. The zero-order chi connectivity index (χ0) is 10.7. The fourth-order valence-electron chi connectivity index (χ4n) is 2.59. The van der Waals surface area contributed by atoms with E-state index in [-0.39, 0.29) is 11.4 Å². The molecule has 0 aliphatic heterocycles. The molecule has 2 aliphatic rings. The van der Waals surface area contributed by atoms with E-state index in [2.05, 4.69) is 5.32 Å². The van der Waals surface area contributed by atoms with Gasteiger partial charge in [-0.1, -0.05) is 32.1 Å². The molecule has 0 aromatic rings. The fraction of sp³-hybridized carbons (Fsp3) is 0.917. The minimum absolute atomic E-state index is 0.128. The number of hydrogen-bond acceptors (Lipinski definition) is 2. The van der Waals surface area contributed by atoms with E-state index >= 15 is 0 Å². The third-order valence-corrected chi connectivity index (χ3v) is 3.74. The van der Waals surface area contributed by atoms with E-state index in [1.54, 1.807) is 0 Å². The van der Waals surface area contributed by atoms with Crippen molar-refractivity contribution in [1.29, 1.82) is 0 Å². The van der Waals surface area contributed by atoms with Crippen molar-refractivity contribution < 1.29 is 4.79 Å². The zero-order valence-electron chi connectivity index (χ0n) is 9.43. The normalized spacial score (nSPS) is 26.7. The summed E-state index contributed by atoms with van der Waals surface area (Å²) >= 11 is 0. The van der Waals surface area contributed by atoms with Gasteiger partial charge in [0, 0.05) is 6.04 Å². The van der Waals surface area contributed by atoms with Crippen molar-refractivity contribution in [2.24, 2.45) is 5.73 Å². The second-order valence-electron chi connectivity index (χ2n) is 5.13. The fourth-order valence-corrected chi connectivity index (χ4v) is 2.59. The molecule has 3 heteroatoms. The van der Waals surface area contributed by atoms with Crippen molar-refractivity contribution in [2.75, 3.05) is 0 Å². The van der Waals surface area contributed by atoms with Crippen molar-refractivity contribution in [3.63, 3.8) is 0 Å². The Morgan fingerprint density at radius 2 is 1.60 bits per heavy atom. The van der Waals surface area contributed by atoms with Crippen LogP contribution in [0.1, 0.15) is 57.8 Å². The zero-order valence-corrected chi connectivity index (χ0v) is 9.43. The predicted molar refractivity (Wildman–Crippen MR) is 60.4 cm³/mol. The molecule has 2 fully saturated rings. The second-order valence-corrected chi connectivity index (χ2v) is 5.13. The summed E-state index contributed by atoms with van der Waals surface area (Å²) in [6, 6.07) is 0.567. The lowest BCUT2D eigenvalue weighted by molar-refractivity contribution is -0.125. The Hall–Kier alpha value is -0.570. The highest BCUT2D eigenvalue weighted by molar-refractivity contribution is 5.84. The molecule has 2 rings (SSSR count). The third kappa shape index (κ3) is 2.71. The SMILES string of the molecule is NC(=O)C1(NC2CC2)CCCCCCC1. The first-order chi connectivity index (χ1) is 7.23. The molecule has 0 saturated heterocycles. The Morgan fingerprint density at radius 1 is 1.07 bits per heavy atom. The van der Waals surface area contributed by atoms with Crippen molar-refractivity contribution in [2.45, 2.75) is 69.4 Å². The average molecular weight is 210 g/mol. The molecule has 0 bridgehead atoms. The molecule has 0 spiro atoms. The summed E-state index contributed by atoms with van der Waals surface area (Å²) in [6.07, 6.45) is 10.4. The molecule has 0 aromatic heterocycles. The lowest BCUT2D eigenvalue weighted by Crippen LogP contribution is -2.56. The van der Waals surface area contributed by atoms with Gasteiger partial charge in [0.25, 0.3) is 0 Å². The molecule has 2 saturated carbocycles. The van der Waals surface area contributed by atoms with Gasteiger partial charge >= 0.3 is 0 Å². The number of carbonyl (C=O) groups excluding carboxylic acids is 1. The molecule has 1 amide bonds. The summed E-state index contributed by atoms with van der Waals surface area (Å²) in [5.74, 6) is -0.128. The van der Waals surface area contributed by atoms with Gasteiger partial charge in [-0.15, -0.1) is 0 Å². The largest absolute Gasteiger partial charge is 0.368 e. The average Bonchev–Trinajstić information content (AvgIpc) is 2.93. The van der Waals surface area contributed by atoms with Gasteiger partial charge in [0.2, 0.25) is 5.91 Å². The molecule has 86 valence electrons. The van der Waals surface area contributed by atoms with Crippen molar-refractivity contribution >= 4 is 5.91 Å². The van der Waals surface area contributed by atoms with Crippen LogP contribution in [-0.2, 0) is 4.79 Å². The van der Waals surface area contributed by atoms with Crippen LogP contribution in [0.4, 0.5) is 0 Å². The summed E-state index contributed by atoms with van der Waals surface area (Å²) in [5.41, 5.74) is 5.22. The summed E-state index contributed by atoms with van der Waals surface area (Å²) < 4.78 is 0. The topological polar surface area (TPSA) is 55.1 Å². The van der Waals surface area contributed by atoms with Crippen LogP contribution < -0.4 is 11.1 Å². The van der Waals surface area contributed by atoms with E-state index in [0.717, 1.165) is 25.7 Å². The van der Waals surface area contributed by atoms with Gasteiger partial charge in [0.1, 0.15) is 0 Å². The maximum Gasteiger partial charge on any atom is 0.237 e. The lowest BCUT2D eigenvalue weighted by Gasteiger charge is -2.33. The molecule has 15 heavy (non-hydrogen) atoms. The smallest absolute Gasteiger partial charge is 0.237 e. The summed E-state index contributed by atoms with van der Waals surface area (Å²) in [6.45, 7) is 0. The van der Waals surface area contributed by atoms with Crippen LogP contribution >= 0.6 is 0 Å². The van der Waals surface area contributed by atoms with Crippen LogP contribution in [0.5, 0.6) is 0 Å². The number of carbonyl (C=O) groups is 1. The highest BCUT2D eigenvalue weighted by Gasteiger charge is 2.40. The Bertz CT molecular complexity index is 228. The minimum Gasteiger partial charge on any atom is -0.368 e. The van der Waals surface area contributed by atoms with Crippen LogP contribution in [0, 0.1) is 0 Å². The van der Waals surface area contributed by atoms with Gasteiger partial charge in [0.15, 0.2) is 0 Å². The number of primary amides is 1.